The van der Waals surface area contributed by atoms with Gasteiger partial charge in [0.15, 0.2) is 0 Å². The van der Waals surface area contributed by atoms with Gasteiger partial charge >= 0.3 is 11.9 Å². The van der Waals surface area contributed by atoms with E-state index in [1.165, 1.54) is 32.7 Å². The molecule has 0 saturated heterocycles. The largest absolute Gasteiger partial charge is 0.469 e. The van der Waals surface area contributed by atoms with E-state index in [0.29, 0.717) is 18.5 Å². The predicted octanol–water partition coefficient (Wildman–Crippen LogP) is 2.32. The van der Waals surface area contributed by atoms with E-state index in [4.69, 9.17) is 0 Å². The van der Waals surface area contributed by atoms with Crippen molar-refractivity contribution in [2.24, 2.45) is 0 Å². The van der Waals surface area contributed by atoms with Gasteiger partial charge in [-0.05, 0) is 18.9 Å². The van der Waals surface area contributed by atoms with Crippen LogP contribution in [-0.2, 0) is 19.1 Å². The van der Waals surface area contributed by atoms with Crippen molar-refractivity contribution in [3.63, 3.8) is 0 Å². The third kappa shape index (κ3) is 7.39. The Bertz CT molecular complexity index is 545. The van der Waals surface area contributed by atoms with Crippen LogP contribution in [0.1, 0.15) is 48.9 Å². The van der Waals surface area contributed by atoms with Gasteiger partial charge in [0.25, 0.3) is 0 Å². The molecular weight excluding hydrogens is 300 g/mol. The third-order valence-corrected chi connectivity index (χ3v) is 3.21. The lowest BCUT2D eigenvalue weighted by molar-refractivity contribution is -0.140. The van der Waals surface area contributed by atoms with Crippen molar-refractivity contribution in [3.05, 3.63) is 24.0 Å². The van der Waals surface area contributed by atoms with Crippen molar-refractivity contribution in [2.45, 2.75) is 38.5 Å². The maximum Gasteiger partial charge on any atom is 0.339 e. The van der Waals surface area contributed by atoms with E-state index >= 15 is 0 Å². The molecule has 126 valence electrons. The second-order valence-electron chi connectivity index (χ2n) is 4.99. The van der Waals surface area contributed by atoms with Crippen LogP contribution >= 0.6 is 0 Å². The number of amides is 1. The van der Waals surface area contributed by atoms with Crippen LogP contribution in [0.4, 0.5) is 5.69 Å². The highest BCUT2D eigenvalue weighted by atomic mass is 16.5. The summed E-state index contributed by atoms with van der Waals surface area (Å²) in [5.41, 5.74) is 0.747. The molecule has 1 N–H and O–H groups in total. The average molecular weight is 322 g/mol. The molecule has 1 aromatic rings. The average Bonchev–Trinajstić information content (AvgIpc) is 2.57. The molecule has 23 heavy (non-hydrogen) atoms. The van der Waals surface area contributed by atoms with Crippen LogP contribution in [0, 0.1) is 0 Å². The molecule has 0 atom stereocenters. The van der Waals surface area contributed by atoms with Crippen LogP contribution in [0.25, 0.3) is 0 Å². The SMILES string of the molecule is COC(=O)CCCCCCC(=O)Nc1cncc(C(=O)OC)c1. The van der Waals surface area contributed by atoms with Crippen LogP contribution < -0.4 is 5.32 Å². The summed E-state index contributed by atoms with van der Waals surface area (Å²) in [5.74, 6) is -0.846. The summed E-state index contributed by atoms with van der Waals surface area (Å²) in [6.07, 6.45) is 6.88. The Hall–Kier alpha value is -2.44. The van der Waals surface area contributed by atoms with E-state index in [2.05, 4.69) is 19.8 Å². The molecule has 0 fully saturated rings. The lowest BCUT2D eigenvalue weighted by Crippen LogP contribution is -2.12. The summed E-state index contributed by atoms with van der Waals surface area (Å²) in [7, 11) is 2.66. The summed E-state index contributed by atoms with van der Waals surface area (Å²) < 4.78 is 9.15. The zero-order valence-corrected chi connectivity index (χ0v) is 13.5. The molecule has 0 aliphatic heterocycles. The molecule has 0 aliphatic carbocycles. The number of nitrogens with zero attached hydrogens (tertiary/aromatic N) is 1. The number of anilines is 1. The second-order valence-corrected chi connectivity index (χ2v) is 4.99. The van der Waals surface area contributed by atoms with Gasteiger partial charge in [0, 0.05) is 19.0 Å². The first kappa shape index (κ1) is 18.6. The maximum atomic E-state index is 11.8. The van der Waals surface area contributed by atoms with Gasteiger partial charge in [0.1, 0.15) is 0 Å². The Kier molecular flexibility index (Phi) is 8.34. The quantitative estimate of drug-likeness (QED) is 0.554. The molecule has 1 rings (SSSR count). The fraction of sp³-hybridized carbons (Fsp3) is 0.500. The van der Waals surface area contributed by atoms with E-state index < -0.39 is 5.97 Å². The predicted molar refractivity (Wildman–Crippen MR) is 83.9 cm³/mol. The highest BCUT2D eigenvalue weighted by Crippen LogP contribution is 2.11. The Morgan fingerprint density at radius 1 is 1.00 bits per heavy atom. The molecule has 0 saturated carbocycles. The monoisotopic (exact) mass is 322 g/mol. The molecule has 0 unspecified atom stereocenters. The van der Waals surface area contributed by atoms with Crippen molar-refractivity contribution in [2.75, 3.05) is 19.5 Å². The standard InChI is InChI=1S/C16H22N2O5/c1-22-15(20)8-6-4-3-5-7-14(19)18-13-9-12(10-17-11-13)16(21)23-2/h9-11H,3-8H2,1-2H3,(H,18,19). The molecule has 0 bridgehead atoms. The zero-order chi connectivity index (χ0) is 17.1. The Balaban J connectivity index is 2.26. The summed E-state index contributed by atoms with van der Waals surface area (Å²) in [6.45, 7) is 0. The van der Waals surface area contributed by atoms with Crippen molar-refractivity contribution in [1.82, 2.24) is 4.98 Å². The van der Waals surface area contributed by atoms with E-state index in [0.717, 1.165) is 25.7 Å². The van der Waals surface area contributed by atoms with Crippen molar-refractivity contribution in [1.29, 1.82) is 0 Å². The highest BCUT2D eigenvalue weighted by molar-refractivity contribution is 5.94. The number of aromatic nitrogens is 1. The number of ether oxygens (including phenoxy) is 2. The minimum atomic E-state index is -0.501. The molecule has 1 aromatic heterocycles. The van der Waals surface area contributed by atoms with Crippen LogP contribution in [0.2, 0.25) is 0 Å². The summed E-state index contributed by atoms with van der Waals surface area (Å²) in [4.78, 5) is 38.0. The second kappa shape index (κ2) is 10.3. The first-order valence-electron chi connectivity index (χ1n) is 7.47. The minimum absolute atomic E-state index is 0.137. The molecule has 0 aliphatic rings. The van der Waals surface area contributed by atoms with Gasteiger partial charge < -0.3 is 14.8 Å². The number of nitrogens with one attached hydrogen (secondary N) is 1. The molecule has 0 aromatic carbocycles. The molecular formula is C16H22N2O5. The molecule has 1 heterocycles. The number of carbonyl (C=O) groups excluding carboxylic acids is 3. The molecule has 7 heteroatoms. The van der Waals surface area contributed by atoms with Crippen LogP contribution in [0.15, 0.2) is 18.5 Å². The van der Waals surface area contributed by atoms with E-state index in [1.807, 2.05) is 0 Å². The summed E-state index contributed by atoms with van der Waals surface area (Å²) >= 11 is 0. The first-order chi connectivity index (χ1) is 11.1. The highest BCUT2D eigenvalue weighted by Gasteiger charge is 2.08. The smallest absolute Gasteiger partial charge is 0.339 e. The van der Waals surface area contributed by atoms with E-state index in [-0.39, 0.29) is 17.4 Å². The number of carbonyl (C=O) groups is 3. The van der Waals surface area contributed by atoms with Crippen molar-refractivity contribution >= 4 is 23.5 Å². The number of rotatable bonds is 9. The van der Waals surface area contributed by atoms with Crippen molar-refractivity contribution < 1.29 is 23.9 Å². The molecule has 0 spiro atoms. The Labute approximate surface area is 135 Å². The molecule has 0 radical (unpaired) electrons. The van der Waals surface area contributed by atoms with Crippen molar-refractivity contribution in [3.8, 4) is 0 Å². The Morgan fingerprint density at radius 2 is 1.70 bits per heavy atom. The van der Waals surface area contributed by atoms with Gasteiger partial charge in [0.05, 0.1) is 31.7 Å². The number of esters is 2. The molecule has 7 nitrogen and oxygen atoms in total. The van der Waals surface area contributed by atoms with Gasteiger partial charge in [0.2, 0.25) is 5.91 Å². The topological polar surface area (TPSA) is 94.6 Å². The lowest BCUT2D eigenvalue weighted by Gasteiger charge is -2.06. The summed E-state index contributed by atoms with van der Waals surface area (Å²) in [6, 6.07) is 1.52. The van der Waals surface area contributed by atoms with Gasteiger partial charge in [-0.25, -0.2) is 4.79 Å². The lowest BCUT2D eigenvalue weighted by atomic mass is 10.1. The number of methoxy groups -OCH3 is 2. The fourth-order valence-corrected chi connectivity index (χ4v) is 1.97. The zero-order valence-electron chi connectivity index (χ0n) is 13.5. The van der Waals surface area contributed by atoms with Gasteiger partial charge in [-0.15, -0.1) is 0 Å². The number of hydrogen-bond donors (Lipinski definition) is 1. The number of pyridine rings is 1. The van der Waals surface area contributed by atoms with Gasteiger partial charge in [-0.3, -0.25) is 14.6 Å². The van der Waals surface area contributed by atoms with E-state index in [9.17, 15) is 14.4 Å². The first-order valence-corrected chi connectivity index (χ1v) is 7.47. The van der Waals surface area contributed by atoms with Gasteiger partial charge in [-0.2, -0.15) is 0 Å². The molecule has 1 amide bonds. The summed E-state index contributed by atoms with van der Waals surface area (Å²) in [5, 5.41) is 2.70. The van der Waals surface area contributed by atoms with Crippen LogP contribution in [0.5, 0.6) is 0 Å². The fourth-order valence-electron chi connectivity index (χ4n) is 1.97. The van der Waals surface area contributed by atoms with Gasteiger partial charge in [-0.1, -0.05) is 12.8 Å². The van der Waals surface area contributed by atoms with E-state index in [1.54, 1.807) is 0 Å². The number of unbranched alkanes of at least 4 members (excludes halogenated alkanes) is 3. The van der Waals surface area contributed by atoms with Crippen LogP contribution in [0.3, 0.4) is 0 Å². The maximum absolute atomic E-state index is 11.8. The third-order valence-electron chi connectivity index (χ3n) is 3.21. The van der Waals surface area contributed by atoms with Crippen LogP contribution in [-0.4, -0.2) is 37.0 Å². The normalized spacial score (nSPS) is 10.0. The number of hydrogen-bond acceptors (Lipinski definition) is 6. The Morgan fingerprint density at radius 3 is 2.35 bits per heavy atom. The minimum Gasteiger partial charge on any atom is -0.469 e.